The van der Waals surface area contributed by atoms with Gasteiger partial charge in [-0.05, 0) is 32.1 Å². The Kier molecular flexibility index (Phi) is 7.15. The summed E-state index contributed by atoms with van der Waals surface area (Å²) >= 11 is 0. The van der Waals surface area contributed by atoms with Crippen molar-refractivity contribution in [2.24, 2.45) is 4.99 Å². The minimum Gasteiger partial charge on any atom is -0.356 e. The molecule has 23 heavy (non-hydrogen) atoms. The average molecular weight is 323 g/mol. The first-order valence-corrected chi connectivity index (χ1v) is 9.09. The number of aliphatic imine (C=N–C) groups is 1. The lowest BCUT2D eigenvalue weighted by molar-refractivity contribution is -0.127. The number of likely N-dealkylation sites (tertiary alicyclic amines) is 1. The molecule has 0 atom stereocenters. The first-order chi connectivity index (χ1) is 11.1. The number of piperidine rings is 1. The number of nitrogens with zero attached hydrogens (tertiary/aromatic N) is 3. The average Bonchev–Trinajstić information content (AvgIpc) is 3.37. The van der Waals surface area contributed by atoms with E-state index in [-0.39, 0.29) is 12.5 Å². The van der Waals surface area contributed by atoms with Gasteiger partial charge in [-0.2, -0.15) is 0 Å². The first kappa shape index (κ1) is 18.0. The van der Waals surface area contributed by atoms with Crippen LogP contribution in [-0.4, -0.2) is 74.0 Å². The van der Waals surface area contributed by atoms with E-state index in [0.29, 0.717) is 6.04 Å². The molecule has 0 radical (unpaired) electrons. The summed E-state index contributed by atoms with van der Waals surface area (Å²) in [6, 6.07) is 1.33. The molecule has 1 aliphatic heterocycles. The zero-order valence-corrected chi connectivity index (χ0v) is 15.0. The predicted octanol–water partition coefficient (Wildman–Crippen LogP) is 1.04. The van der Waals surface area contributed by atoms with Gasteiger partial charge in [0.25, 0.3) is 0 Å². The van der Waals surface area contributed by atoms with Gasteiger partial charge in [0.2, 0.25) is 5.91 Å². The van der Waals surface area contributed by atoms with E-state index in [1.165, 1.54) is 25.9 Å². The van der Waals surface area contributed by atoms with Crippen LogP contribution in [0.4, 0.5) is 0 Å². The summed E-state index contributed by atoms with van der Waals surface area (Å²) in [5.41, 5.74) is 0. The predicted molar refractivity (Wildman–Crippen MR) is 94.7 cm³/mol. The molecule has 1 heterocycles. The van der Waals surface area contributed by atoms with Crippen molar-refractivity contribution in [1.82, 2.24) is 20.4 Å². The monoisotopic (exact) mass is 323 g/mol. The summed E-state index contributed by atoms with van der Waals surface area (Å²) in [5.74, 6) is 0.823. The second-order valence-electron chi connectivity index (χ2n) is 6.92. The van der Waals surface area contributed by atoms with Gasteiger partial charge in [-0.3, -0.25) is 4.79 Å². The number of rotatable bonds is 7. The summed E-state index contributed by atoms with van der Waals surface area (Å²) in [6.45, 7) is 5.65. The molecular formula is C17H33N5O. The van der Waals surface area contributed by atoms with Gasteiger partial charge in [0.15, 0.2) is 5.96 Å². The van der Waals surface area contributed by atoms with Crippen LogP contribution >= 0.6 is 0 Å². The summed E-state index contributed by atoms with van der Waals surface area (Å²) < 4.78 is 0. The van der Waals surface area contributed by atoms with Gasteiger partial charge in [-0.15, -0.1) is 0 Å². The number of carbonyl (C=O) groups excluding carboxylic acids is 1. The van der Waals surface area contributed by atoms with Crippen molar-refractivity contribution in [1.29, 1.82) is 0 Å². The normalized spacial score (nSPS) is 20.4. The Morgan fingerprint density at radius 3 is 2.48 bits per heavy atom. The largest absolute Gasteiger partial charge is 0.356 e. The van der Waals surface area contributed by atoms with Crippen LogP contribution < -0.4 is 10.6 Å². The lowest BCUT2D eigenvalue weighted by Gasteiger charge is -2.33. The molecule has 1 saturated carbocycles. The fraction of sp³-hybridized carbons (Fsp3) is 0.882. The smallest absolute Gasteiger partial charge is 0.243 e. The van der Waals surface area contributed by atoms with Crippen molar-refractivity contribution in [3.8, 4) is 0 Å². The molecule has 1 amide bonds. The zero-order valence-electron chi connectivity index (χ0n) is 15.0. The molecule has 1 saturated heterocycles. The lowest BCUT2D eigenvalue weighted by Crippen LogP contribution is -2.49. The Morgan fingerprint density at radius 1 is 1.22 bits per heavy atom. The maximum absolute atomic E-state index is 11.8. The third kappa shape index (κ3) is 6.37. The number of nitrogens with one attached hydrogen (secondary N) is 2. The highest BCUT2D eigenvalue weighted by Crippen LogP contribution is 2.29. The Balaban J connectivity index is 1.80. The van der Waals surface area contributed by atoms with Crippen LogP contribution in [0, 0.1) is 0 Å². The van der Waals surface area contributed by atoms with E-state index in [9.17, 15) is 4.79 Å². The quantitative estimate of drug-likeness (QED) is 0.417. The standard InChI is InChI=1S/C17H33N5O/c1-4-5-10-18-17(19-13-16(23)21(2)3)20-14-8-11-22(12-9-14)15-6-7-15/h14-15H,4-13H2,1-3H3,(H2,18,19,20). The molecule has 0 bridgehead atoms. The van der Waals surface area contributed by atoms with Gasteiger partial charge in [-0.25, -0.2) is 4.99 Å². The fourth-order valence-corrected chi connectivity index (χ4v) is 2.87. The topological polar surface area (TPSA) is 60.0 Å². The molecule has 1 aliphatic carbocycles. The van der Waals surface area contributed by atoms with E-state index >= 15 is 0 Å². The van der Waals surface area contributed by atoms with Gasteiger partial charge >= 0.3 is 0 Å². The third-order valence-corrected chi connectivity index (χ3v) is 4.63. The van der Waals surface area contributed by atoms with Crippen molar-refractivity contribution < 1.29 is 4.79 Å². The molecule has 0 spiro atoms. The molecule has 0 unspecified atom stereocenters. The second kappa shape index (κ2) is 9.11. The number of hydrogen-bond acceptors (Lipinski definition) is 3. The molecule has 2 fully saturated rings. The van der Waals surface area contributed by atoms with Gasteiger partial charge in [0, 0.05) is 45.8 Å². The van der Waals surface area contributed by atoms with E-state index < -0.39 is 0 Å². The number of guanidine groups is 1. The van der Waals surface area contributed by atoms with Crippen LogP contribution in [0.2, 0.25) is 0 Å². The highest BCUT2D eigenvalue weighted by Gasteiger charge is 2.31. The summed E-state index contributed by atoms with van der Waals surface area (Å²) in [7, 11) is 3.53. The van der Waals surface area contributed by atoms with Crippen molar-refractivity contribution >= 4 is 11.9 Å². The molecular weight excluding hydrogens is 290 g/mol. The van der Waals surface area contributed by atoms with Crippen molar-refractivity contribution in [3.05, 3.63) is 0 Å². The van der Waals surface area contributed by atoms with Crippen LogP contribution in [0.3, 0.4) is 0 Å². The van der Waals surface area contributed by atoms with Crippen LogP contribution in [0.25, 0.3) is 0 Å². The fourth-order valence-electron chi connectivity index (χ4n) is 2.87. The molecule has 2 rings (SSSR count). The Morgan fingerprint density at radius 2 is 1.91 bits per heavy atom. The molecule has 2 N–H and O–H groups in total. The number of carbonyl (C=O) groups is 1. The zero-order chi connectivity index (χ0) is 16.7. The maximum Gasteiger partial charge on any atom is 0.243 e. The Hall–Kier alpha value is -1.30. The van der Waals surface area contributed by atoms with Gasteiger partial charge < -0.3 is 20.4 Å². The van der Waals surface area contributed by atoms with E-state index in [2.05, 4.69) is 27.4 Å². The number of unbranched alkanes of at least 4 members (excludes halogenated alkanes) is 1. The summed E-state index contributed by atoms with van der Waals surface area (Å²) in [6.07, 6.45) is 7.35. The first-order valence-electron chi connectivity index (χ1n) is 9.09. The molecule has 6 heteroatoms. The van der Waals surface area contributed by atoms with Crippen molar-refractivity contribution in [2.45, 2.75) is 57.5 Å². The van der Waals surface area contributed by atoms with E-state index in [1.807, 2.05) is 0 Å². The number of hydrogen-bond donors (Lipinski definition) is 2. The molecule has 6 nitrogen and oxygen atoms in total. The summed E-state index contributed by atoms with van der Waals surface area (Å²) in [4.78, 5) is 20.4. The van der Waals surface area contributed by atoms with E-state index in [1.54, 1.807) is 19.0 Å². The number of likely N-dealkylation sites (N-methyl/N-ethyl adjacent to an activating group) is 1. The van der Waals surface area contributed by atoms with Crippen LogP contribution in [-0.2, 0) is 4.79 Å². The van der Waals surface area contributed by atoms with E-state index in [0.717, 1.165) is 44.2 Å². The minimum atomic E-state index is 0.0325. The van der Waals surface area contributed by atoms with Crippen LogP contribution in [0.1, 0.15) is 45.4 Å². The maximum atomic E-state index is 11.8. The van der Waals surface area contributed by atoms with Crippen LogP contribution in [0.5, 0.6) is 0 Å². The van der Waals surface area contributed by atoms with Gasteiger partial charge in [-0.1, -0.05) is 13.3 Å². The van der Waals surface area contributed by atoms with E-state index in [4.69, 9.17) is 0 Å². The molecule has 0 aromatic carbocycles. The van der Waals surface area contributed by atoms with Gasteiger partial charge in [0.05, 0.1) is 0 Å². The van der Waals surface area contributed by atoms with Crippen LogP contribution in [0.15, 0.2) is 4.99 Å². The Labute approximate surface area is 140 Å². The lowest BCUT2D eigenvalue weighted by atomic mass is 10.1. The highest BCUT2D eigenvalue weighted by molar-refractivity contribution is 5.84. The van der Waals surface area contributed by atoms with Crippen molar-refractivity contribution in [3.63, 3.8) is 0 Å². The highest BCUT2D eigenvalue weighted by atomic mass is 16.2. The minimum absolute atomic E-state index is 0.0325. The molecule has 2 aliphatic rings. The molecule has 0 aromatic heterocycles. The SMILES string of the molecule is CCCCNC(=NCC(=O)N(C)C)NC1CCN(C2CC2)CC1. The summed E-state index contributed by atoms with van der Waals surface area (Å²) in [5, 5.41) is 6.89. The van der Waals surface area contributed by atoms with Gasteiger partial charge in [0.1, 0.15) is 6.54 Å². The second-order valence-corrected chi connectivity index (χ2v) is 6.92. The third-order valence-electron chi connectivity index (χ3n) is 4.63. The van der Waals surface area contributed by atoms with Crippen molar-refractivity contribution in [2.75, 3.05) is 40.3 Å². The molecule has 0 aromatic rings. The number of amides is 1. The molecule has 132 valence electrons. The Bertz CT molecular complexity index is 398.